The van der Waals surface area contributed by atoms with E-state index in [0.29, 0.717) is 10.4 Å². The highest BCUT2D eigenvalue weighted by Gasteiger charge is 2.24. The summed E-state index contributed by atoms with van der Waals surface area (Å²) >= 11 is 3.17. The second kappa shape index (κ2) is 5.94. The minimum Gasteiger partial charge on any atom is -0.271 e. The van der Waals surface area contributed by atoms with Crippen LogP contribution in [0.2, 0.25) is 0 Å². The van der Waals surface area contributed by atoms with Gasteiger partial charge in [-0.05, 0) is 52.4 Å². The van der Waals surface area contributed by atoms with Crippen LogP contribution in [0.4, 0.5) is 4.39 Å². The topological polar surface area (TPSA) is 38.0 Å². The Morgan fingerprint density at radius 2 is 2.00 bits per heavy atom. The second-order valence-corrected chi connectivity index (χ2v) is 5.57. The fourth-order valence-electron chi connectivity index (χ4n) is 2.68. The number of hydrazine groups is 1. The maximum Gasteiger partial charge on any atom is 0.137 e. The predicted molar refractivity (Wildman–Crippen MR) is 70.7 cm³/mol. The molecule has 94 valence electrons. The van der Waals surface area contributed by atoms with Gasteiger partial charge in [0.25, 0.3) is 0 Å². The maximum atomic E-state index is 13.5. The van der Waals surface area contributed by atoms with Crippen LogP contribution < -0.4 is 11.3 Å². The van der Waals surface area contributed by atoms with E-state index < -0.39 is 0 Å². The normalized spacial score (nSPS) is 19.2. The molecule has 1 atom stereocenters. The molecule has 2 rings (SSSR count). The zero-order valence-corrected chi connectivity index (χ0v) is 11.3. The average molecular weight is 301 g/mol. The Morgan fingerprint density at radius 3 is 2.59 bits per heavy atom. The lowest BCUT2D eigenvalue weighted by Crippen LogP contribution is -2.34. The summed E-state index contributed by atoms with van der Waals surface area (Å²) in [4.78, 5) is 0. The van der Waals surface area contributed by atoms with Gasteiger partial charge in [-0.2, -0.15) is 0 Å². The third kappa shape index (κ3) is 3.06. The number of nitrogens with two attached hydrogens (primary N) is 1. The van der Waals surface area contributed by atoms with E-state index in [9.17, 15) is 4.39 Å². The van der Waals surface area contributed by atoms with E-state index in [1.165, 1.54) is 32.1 Å². The minimum absolute atomic E-state index is 0.0675. The first-order chi connectivity index (χ1) is 8.22. The minimum atomic E-state index is -0.224. The number of benzene rings is 1. The van der Waals surface area contributed by atoms with E-state index >= 15 is 0 Å². The van der Waals surface area contributed by atoms with Crippen LogP contribution in [0.5, 0.6) is 0 Å². The van der Waals surface area contributed by atoms with E-state index in [0.717, 1.165) is 5.56 Å². The molecule has 1 aromatic carbocycles. The first kappa shape index (κ1) is 13.0. The SMILES string of the molecule is NNC(c1ccc(Br)c(F)c1)C1CCCCC1. The monoisotopic (exact) mass is 300 g/mol. The lowest BCUT2D eigenvalue weighted by atomic mass is 9.81. The van der Waals surface area contributed by atoms with Gasteiger partial charge in [-0.1, -0.05) is 25.3 Å². The summed E-state index contributed by atoms with van der Waals surface area (Å²) in [7, 11) is 0. The van der Waals surface area contributed by atoms with Crippen LogP contribution >= 0.6 is 15.9 Å². The van der Waals surface area contributed by atoms with Crippen molar-refractivity contribution in [3.05, 3.63) is 34.1 Å². The smallest absolute Gasteiger partial charge is 0.137 e. The molecule has 0 saturated heterocycles. The molecule has 1 aliphatic carbocycles. The van der Waals surface area contributed by atoms with E-state index in [1.807, 2.05) is 6.07 Å². The van der Waals surface area contributed by atoms with Crippen molar-refractivity contribution >= 4 is 15.9 Å². The zero-order valence-electron chi connectivity index (χ0n) is 9.76. The van der Waals surface area contributed by atoms with E-state index in [-0.39, 0.29) is 11.9 Å². The lowest BCUT2D eigenvalue weighted by molar-refractivity contribution is 0.273. The molecule has 3 N–H and O–H groups in total. The summed E-state index contributed by atoms with van der Waals surface area (Å²) in [5, 5.41) is 0. The Morgan fingerprint density at radius 1 is 1.29 bits per heavy atom. The molecule has 0 radical (unpaired) electrons. The van der Waals surface area contributed by atoms with Gasteiger partial charge in [-0.25, -0.2) is 4.39 Å². The van der Waals surface area contributed by atoms with Crippen LogP contribution in [0.15, 0.2) is 22.7 Å². The van der Waals surface area contributed by atoms with Crippen LogP contribution in [0.1, 0.15) is 43.7 Å². The van der Waals surface area contributed by atoms with Gasteiger partial charge in [0.05, 0.1) is 4.47 Å². The summed E-state index contributed by atoms with van der Waals surface area (Å²) in [5.41, 5.74) is 3.80. The first-order valence-corrected chi connectivity index (χ1v) is 6.92. The highest BCUT2D eigenvalue weighted by atomic mass is 79.9. The van der Waals surface area contributed by atoms with Crippen LogP contribution in [0, 0.1) is 11.7 Å². The molecule has 1 aliphatic rings. The van der Waals surface area contributed by atoms with E-state index in [4.69, 9.17) is 5.84 Å². The fourth-order valence-corrected chi connectivity index (χ4v) is 2.92. The molecule has 0 aliphatic heterocycles. The summed E-state index contributed by atoms with van der Waals surface area (Å²) in [6, 6.07) is 5.32. The largest absolute Gasteiger partial charge is 0.271 e. The van der Waals surface area contributed by atoms with E-state index in [1.54, 1.807) is 12.1 Å². The Hall–Kier alpha value is -0.450. The molecule has 0 spiro atoms. The number of hydrogen-bond acceptors (Lipinski definition) is 2. The van der Waals surface area contributed by atoms with Gasteiger partial charge >= 0.3 is 0 Å². The van der Waals surface area contributed by atoms with Crippen molar-refractivity contribution in [3.8, 4) is 0 Å². The zero-order chi connectivity index (χ0) is 12.3. The molecule has 0 heterocycles. The summed E-state index contributed by atoms with van der Waals surface area (Å²) in [5.74, 6) is 5.94. The third-order valence-corrected chi connectivity index (χ3v) is 4.25. The molecule has 1 saturated carbocycles. The van der Waals surface area contributed by atoms with Gasteiger partial charge in [0.15, 0.2) is 0 Å². The standard InChI is InChI=1S/C13H18BrFN2/c14-11-7-6-10(8-12(11)15)13(17-16)9-4-2-1-3-5-9/h6-9,13,17H,1-5,16H2. The molecule has 0 aromatic heterocycles. The molecule has 0 bridgehead atoms. The number of hydrogen-bond donors (Lipinski definition) is 2. The summed E-state index contributed by atoms with van der Waals surface area (Å²) in [6.07, 6.45) is 6.16. The Kier molecular flexibility index (Phi) is 4.54. The predicted octanol–water partition coefficient (Wildman–Crippen LogP) is 3.67. The van der Waals surface area contributed by atoms with Crippen LogP contribution in [-0.2, 0) is 0 Å². The molecule has 1 aromatic rings. The Balaban J connectivity index is 2.18. The van der Waals surface area contributed by atoms with Gasteiger partial charge in [-0.3, -0.25) is 11.3 Å². The third-order valence-electron chi connectivity index (χ3n) is 3.60. The Bertz CT molecular complexity index is 378. The second-order valence-electron chi connectivity index (χ2n) is 4.72. The van der Waals surface area contributed by atoms with Crippen molar-refractivity contribution in [3.63, 3.8) is 0 Å². The van der Waals surface area contributed by atoms with Gasteiger partial charge in [0.2, 0.25) is 0 Å². The molecule has 0 amide bonds. The van der Waals surface area contributed by atoms with Crippen molar-refractivity contribution in [1.82, 2.24) is 5.43 Å². The van der Waals surface area contributed by atoms with Crippen LogP contribution in [-0.4, -0.2) is 0 Å². The number of halogens is 2. The van der Waals surface area contributed by atoms with Crippen molar-refractivity contribution in [1.29, 1.82) is 0 Å². The molecule has 4 heteroatoms. The van der Waals surface area contributed by atoms with Gasteiger partial charge < -0.3 is 0 Å². The van der Waals surface area contributed by atoms with Gasteiger partial charge in [0.1, 0.15) is 5.82 Å². The van der Waals surface area contributed by atoms with Crippen molar-refractivity contribution in [2.75, 3.05) is 0 Å². The maximum absolute atomic E-state index is 13.5. The number of rotatable bonds is 3. The molecule has 17 heavy (non-hydrogen) atoms. The quantitative estimate of drug-likeness (QED) is 0.660. The summed E-state index contributed by atoms with van der Waals surface area (Å²) in [6.45, 7) is 0. The lowest BCUT2D eigenvalue weighted by Gasteiger charge is -2.30. The van der Waals surface area contributed by atoms with E-state index in [2.05, 4.69) is 21.4 Å². The molecule has 1 unspecified atom stereocenters. The van der Waals surface area contributed by atoms with Gasteiger partial charge in [0, 0.05) is 6.04 Å². The molecule has 2 nitrogen and oxygen atoms in total. The first-order valence-electron chi connectivity index (χ1n) is 6.13. The molecular weight excluding hydrogens is 283 g/mol. The van der Waals surface area contributed by atoms with Gasteiger partial charge in [-0.15, -0.1) is 0 Å². The summed E-state index contributed by atoms with van der Waals surface area (Å²) < 4.78 is 14.0. The Labute approximate surface area is 110 Å². The van der Waals surface area contributed by atoms with Crippen molar-refractivity contribution in [2.45, 2.75) is 38.1 Å². The van der Waals surface area contributed by atoms with Crippen LogP contribution in [0.3, 0.4) is 0 Å². The highest BCUT2D eigenvalue weighted by Crippen LogP contribution is 2.34. The fraction of sp³-hybridized carbons (Fsp3) is 0.538. The van der Waals surface area contributed by atoms with Crippen LogP contribution in [0.25, 0.3) is 0 Å². The molecular formula is C13H18BrFN2. The molecule has 1 fully saturated rings. The average Bonchev–Trinajstić information content (AvgIpc) is 2.36. The van der Waals surface area contributed by atoms with Crippen molar-refractivity contribution < 1.29 is 4.39 Å². The highest BCUT2D eigenvalue weighted by molar-refractivity contribution is 9.10. The van der Waals surface area contributed by atoms with Crippen molar-refractivity contribution in [2.24, 2.45) is 11.8 Å². The number of nitrogens with one attached hydrogen (secondary N) is 1.